The Labute approximate surface area is 97.0 Å². The molecule has 1 saturated carbocycles. The van der Waals surface area contributed by atoms with E-state index >= 15 is 0 Å². The van der Waals surface area contributed by atoms with Crippen LogP contribution in [0.25, 0.3) is 0 Å². The topological polar surface area (TPSA) is 73.8 Å². The van der Waals surface area contributed by atoms with E-state index in [0.29, 0.717) is 18.5 Å². The Morgan fingerprint density at radius 3 is 2.53 bits per heavy atom. The van der Waals surface area contributed by atoms with Crippen LogP contribution in [0.4, 0.5) is 8.78 Å². The summed E-state index contributed by atoms with van der Waals surface area (Å²) in [4.78, 5) is 12.4. The van der Waals surface area contributed by atoms with Gasteiger partial charge >= 0.3 is 0 Å². The molecule has 0 atom stereocenters. The number of aryl methyl sites for hydroxylation is 1. The van der Waals surface area contributed by atoms with Crippen LogP contribution in [0.3, 0.4) is 0 Å². The number of hydrogen-bond donors (Lipinski definition) is 1. The van der Waals surface area contributed by atoms with E-state index in [1.807, 2.05) is 0 Å². The van der Waals surface area contributed by atoms with Crippen molar-refractivity contribution in [3.05, 3.63) is 11.4 Å². The zero-order valence-electron chi connectivity index (χ0n) is 9.49. The highest BCUT2D eigenvalue weighted by atomic mass is 19.3. The molecule has 17 heavy (non-hydrogen) atoms. The fraction of sp³-hybridized carbons (Fsp3) is 0.700. The van der Waals surface area contributed by atoms with E-state index < -0.39 is 11.8 Å². The van der Waals surface area contributed by atoms with E-state index in [4.69, 9.17) is 5.73 Å². The maximum atomic E-state index is 13.0. The molecule has 0 aliphatic heterocycles. The van der Waals surface area contributed by atoms with Crippen LogP contribution in [0.5, 0.6) is 0 Å². The van der Waals surface area contributed by atoms with Gasteiger partial charge in [-0.1, -0.05) is 0 Å². The summed E-state index contributed by atoms with van der Waals surface area (Å²) < 4.78 is 26.0. The Morgan fingerprint density at radius 1 is 1.41 bits per heavy atom. The molecule has 94 valence electrons. The molecule has 2 N–H and O–H groups in total. The second kappa shape index (κ2) is 4.05. The molecule has 1 aromatic rings. The van der Waals surface area contributed by atoms with Crippen LogP contribution in [-0.2, 0) is 7.05 Å². The predicted molar refractivity (Wildman–Crippen MR) is 55.7 cm³/mol. The van der Waals surface area contributed by atoms with Gasteiger partial charge in [0.15, 0.2) is 5.69 Å². The van der Waals surface area contributed by atoms with Gasteiger partial charge in [0.2, 0.25) is 5.92 Å². The van der Waals surface area contributed by atoms with Gasteiger partial charge in [0.05, 0.1) is 5.69 Å². The lowest BCUT2D eigenvalue weighted by atomic mass is 9.84. The maximum Gasteiger partial charge on any atom is 0.271 e. The highest BCUT2D eigenvalue weighted by Gasteiger charge is 2.37. The molecular weight excluding hydrogens is 230 g/mol. The minimum atomic E-state index is -2.59. The van der Waals surface area contributed by atoms with E-state index in [1.54, 1.807) is 7.05 Å². The van der Waals surface area contributed by atoms with E-state index in [9.17, 15) is 13.6 Å². The van der Waals surface area contributed by atoms with Crippen LogP contribution in [0, 0.1) is 0 Å². The summed E-state index contributed by atoms with van der Waals surface area (Å²) in [6.45, 7) is 0. The molecule has 1 aliphatic rings. The van der Waals surface area contributed by atoms with Crippen molar-refractivity contribution in [1.29, 1.82) is 0 Å². The average molecular weight is 244 g/mol. The molecule has 1 heterocycles. The van der Waals surface area contributed by atoms with Gasteiger partial charge in [-0.15, -0.1) is 5.10 Å². The van der Waals surface area contributed by atoms with Gasteiger partial charge in [-0.05, 0) is 12.8 Å². The van der Waals surface area contributed by atoms with Gasteiger partial charge < -0.3 is 5.73 Å². The summed E-state index contributed by atoms with van der Waals surface area (Å²) in [5.74, 6) is -3.40. The van der Waals surface area contributed by atoms with E-state index in [0.717, 1.165) is 0 Å². The van der Waals surface area contributed by atoms with Crippen LogP contribution in [0.2, 0.25) is 0 Å². The lowest BCUT2D eigenvalue weighted by Gasteiger charge is -2.27. The number of halogens is 2. The first-order valence-corrected chi connectivity index (χ1v) is 5.48. The molecule has 7 heteroatoms. The Balaban J connectivity index is 2.21. The van der Waals surface area contributed by atoms with Crippen LogP contribution in [-0.4, -0.2) is 26.8 Å². The lowest BCUT2D eigenvalue weighted by Crippen LogP contribution is -2.25. The zero-order valence-corrected chi connectivity index (χ0v) is 9.49. The first-order valence-electron chi connectivity index (χ1n) is 5.48. The monoisotopic (exact) mass is 244 g/mol. The zero-order chi connectivity index (χ0) is 12.6. The van der Waals surface area contributed by atoms with Gasteiger partial charge in [0, 0.05) is 25.8 Å². The molecule has 2 rings (SSSR count). The van der Waals surface area contributed by atoms with Crippen molar-refractivity contribution < 1.29 is 13.6 Å². The van der Waals surface area contributed by atoms with Crippen molar-refractivity contribution in [2.75, 3.05) is 0 Å². The minimum absolute atomic E-state index is 0.0997. The number of primary amides is 1. The van der Waals surface area contributed by atoms with E-state index in [-0.39, 0.29) is 24.5 Å². The third-order valence-corrected chi connectivity index (χ3v) is 3.08. The van der Waals surface area contributed by atoms with Crippen LogP contribution in [0.15, 0.2) is 0 Å². The molecule has 1 aromatic heterocycles. The Bertz CT molecular complexity index is 434. The van der Waals surface area contributed by atoms with Gasteiger partial charge in [-0.2, -0.15) is 9.90 Å². The summed E-state index contributed by atoms with van der Waals surface area (Å²) in [7, 11) is 1.58. The molecule has 1 fully saturated rings. The summed E-state index contributed by atoms with van der Waals surface area (Å²) in [5, 5.41) is 7.93. The summed E-state index contributed by atoms with van der Waals surface area (Å²) in [6, 6.07) is 0. The van der Waals surface area contributed by atoms with Crippen molar-refractivity contribution in [1.82, 2.24) is 15.0 Å². The number of carbonyl (C=O) groups is 1. The van der Waals surface area contributed by atoms with Crippen molar-refractivity contribution in [2.45, 2.75) is 37.5 Å². The van der Waals surface area contributed by atoms with Crippen LogP contribution >= 0.6 is 0 Å². The van der Waals surface area contributed by atoms with Gasteiger partial charge in [-0.25, -0.2) is 8.78 Å². The SMILES string of the molecule is Cn1nc(C(N)=O)c(C2CCC(F)(F)CC2)n1. The number of aromatic nitrogens is 3. The lowest BCUT2D eigenvalue weighted by molar-refractivity contribution is -0.0385. The third-order valence-electron chi connectivity index (χ3n) is 3.08. The summed E-state index contributed by atoms with van der Waals surface area (Å²) in [6.07, 6.45) is 0.275. The molecular formula is C10H14F2N4O. The standard InChI is InChI=1S/C10H14F2N4O/c1-16-14-7(8(15-16)9(13)17)6-2-4-10(11,12)5-3-6/h6H,2-5H2,1H3,(H2,13,17). The fourth-order valence-electron chi connectivity index (χ4n) is 2.19. The number of carbonyl (C=O) groups excluding carboxylic acids is 1. The highest BCUT2D eigenvalue weighted by Crippen LogP contribution is 2.40. The Kier molecular flexibility index (Phi) is 2.84. The van der Waals surface area contributed by atoms with Gasteiger partial charge in [0.1, 0.15) is 0 Å². The second-order valence-corrected chi connectivity index (χ2v) is 4.42. The van der Waals surface area contributed by atoms with Crippen molar-refractivity contribution in [3.8, 4) is 0 Å². The highest BCUT2D eigenvalue weighted by molar-refractivity contribution is 5.91. The van der Waals surface area contributed by atoms with Crippen molar-refractivity contribution in [3.63, 3.8) is 0 Å². The number of rotatable bonds is 2. The normalized spacial score (nSPS) is 20.4. The Morgan fingerprint density at radius 2 is 2.00 bits per heavy atom. The van der Waals surface area contributed by atoms with Crippen molar-refractivity contribution >= 4 is 5.91 Å². The molecule has 5 nitrogen and oxygen atoms in total. The molecule has 0 radical (unpaired) electrons. The summed E-state index contributed by atoms with van der Waals surface area (Å²) >= 11 is 0. The van der Waals surface area contributed by atoms with Gasteiger partial charge in [-0.3, -0.25) is 4.79 Å². The first-order chi connectivity index (χ1) is 7.89. The number of nitrogens with zero attached hydrogens (tertiary/aromatic N) is 3. The van der Waals surface area contributed by atoms with Gasteiger partial charge in [0.25, 0.3) is 5.91 Å². The molecule has 0 aromatic carbocycles. The largest absolute Gasteiger partial charge is 0.364 e. The fourth-order valence-corrected chi connectivity index (χ4v) is 2.19. The summed E-state index contributed by atoms with van der Waals surface area (Å²) in [5.41, 5.74) is 5.74. The Hall–Kier alpha value is -1.53. The third kappa shape index (κ3) is 2.42. The van der Waals surface area contributed by atoms with E-state index in [2.05, 4.69) is 10.2 Å². The minimum Gasteiger partial charge on any atom is -0.364 e. The molecule has 1 aliphatic carbocycles. The molecule has 0 bridgehead atoms. The number of hydrogen-bond acceptors (Lipinski definition) is 3. The molecule has 0 saturated heterocycles. The second-order valence-electron chi connectivity index (χ2n) is 4.42. The number of amides is 1. The number of nitrogens with two attached hydrogens (primary N) is 1. The van der Waals surface area contributed by atoms with Crippen LogP contribution in [0.1, 0.15) is 47.8 Å². The predicted octanol–water partition coefficient (Wildman–Crippen LogP) is 1.21. The average Bonchev–Trinajstić information content (AvgIpc) is 2.60. The quantitative estimate of drug-likeness (QED) is 0.849. The number of alkyl halides is 2. The molecule has 0 spiro atoms. The first kappa shape index (κ1) is 11.9. The van der Waals surface area contributed by atoms with E-state index in [1.165, 1.54) is 4.80 Å². The maximum absolute atomic E-state index is 13.0. The van der Waals surface area contributed by atoms with Crippen molar-refractivity contribution in [2.24, 2.45) is 12.8 Å². The molecule has 1 amide bonds. The van der Waals surface area contributed by atoms with Crippen LogP contribution < -0.4 is 5.73 Å². The smallest absolute Gasteiger partial charge is 0.271 e. The molecule has 0 unspecified atom stereocenters.